The molecule has 1 saturated heterocycles. The smallest absolute Gasteiger partial charge is 0.254 e. The normalized spacial score (nSPS) is 20.7. The van der Waals surface area contributed by atoms with E-state index in [2.05, 4.69) is 10.6 Å². The number of nitrogens with zero attached hydrogens (tertiary/aromatic N) is 1. The standard InChI is InChI=1S/C22H33N3O4/c1-7-17(20(27)25-12-14(2)29-15(3)13-25)23-19(26)16-10-8-9-11-18(16)24-21(28)22(4,5)6/h8-11,14-15,17H,7,12-13H2,1-6H3,(H,23,26)(H,24,28)/t14-,15-,17-/m0/s1. The molecule has 3 amide bonds. The lowest BCUT2D eigenvalue weighted by atomic mass is 9.95. The topological polar surface area (TPSA) is 87.7 Å². The predicted octanol–water partition coefficient (Wildman–Crippen LogP) is 2.82. The third kappa shape index (κ3) is 6.03. The van der Waals surface area contributed by atoms with Crippen LogP contribution in [0.5, 0.6) is 0 Å². The van der Waals surface area contributed by atoms with E-state index in [1.807, 2.05) is 20.8 Å². The Bertz CT molecular complexity index is 747. The van der Waals surface area contributed by atoms with Crippen LogP contribution in [0.4, 0.5) is 5.69 Å². The average molecular weight is 404 g/mol. The molecule has 0 unspecified atom stereocenters. The van der Waals surface area contributed by atoms with Gasteiger partial charge in [-0.2, -0.15) is 0 Å². The Morgan fingerprint density at radius 3 is 2.28 bits per heavy atom. The molecular weight excluding hydrogens is 370 g/mol. The number of nitrogens with one attached hydrogen (secondary N) is 2. The van der Waals surface area contributed by atoms with E-state index in [1.165, 1.54) is 0 Å². The maximum Gasteiger partial charge on any atom is 0.254 e. The number of para-hydroxylation sites is 1. The molecule has 0 aliphatic carbocycles. The van der Waals surface area contributed by atoms with Gasteiger partial charge in [-0.3, -0.25) is 14.4 Å². The van der Waals surface area contributed by atoms with Gasteiger partial charge in [0.2, 0.25) is 11.8 Å². The SMILES string of the molecule is CC[C@H](NC(=O)c1ccccc1NC(=O)C(C)(C)C)C(=O)N1C[C@H](C)O[C@@H](C)C1. The Balaban J connectivity index is 2.14. The number of anilines is 1. The van der Waals surface area contributed by atoms with E-state index in [0.717, 1.165) is 0 Å². The minimum Gasteiger partial charge on any atom is -0.372 e. The molecule has 7 nitrogen and oxygen atoms in total. The number of ether oxygens (including phenoxy) is 1. The molecule has 1 aliphatic rings. The Kier molecular flexibility index (Phi) is 7.41. The second kappa shape index (κ2) is 9.39. The fourth-order valence-corrected chi connectivity index (χ4v) is 3.25. The summed E-state index contributed by atoms with van der Waals surface area (Å²) in [7, 11) is 0. The number of morpholine rings is 1. The number of benzene rings is 1. The summed E-state index contributed by atoms with van der Waals surface area (Å²) >= 11 is 0. The quantitative estimate of drug-likeness (QED) is 0.791. The van der Waals surface area contributed by atoms with Crippen LogP contribution >= 0.6 is 0 Å². The number of amides is 3. The van der Waals surface area contributed by atoms with Crippen molar-refractivity contribution in [2.45, 2.75) is 66.2 Å². The highest BCUT2D eigenvalue weighted by Gasteiger charge is 2.31. The molecule has 0 spiro atoms. The van der Waals surface area contributed by atoms with Crippen LogP contribution < -0.4 is 10.6 Å². The Labute approximate surface area is 173 Å². The first-order chi connectivity index (χ1) is 13.5. The molecule has 1 aromatic rings. The maximum atomic E-state index is 13.0. The van der Waals surface area contributed by atoms with Gasteiger partial charge in [0, 0.05) is 18.5 Å². The fourth-order valence-electron chi connectivity index (χ4n) is 3.25. The van der Waals surface area contributed by atoms with Crippen LogP contribution in [0, 0.1) is 5.41 Å². The van der Waals surface area contributed by atoms with Crippen molar-refractivity contribution < 1.29 is 19.1 Å². The van der Waals surface area contributed by atoms with Gasteiger partial charge >= 0.3 is 0 Å². The van der Waals surface area contributed by atoms with Crippen molar-refractivity contribution in [3.8, 4) is 0 Å². The number of hydrogen-bond donors (Lipinski definition) is 2. The second-order valence-electron chi connectivity index (χ2n) is 8.68. The molecule has 29 heavy (non-hydrogen) atoms. The van der Waals surface area contributed by atoms with E-state index in [1.54, 1.807) is 49.9 Å². The first kappa shape index (κ1) is 22.9. The summed E-state index contributed by atoms with van der Waals surface area (Å²) in [5.74, 6) is -0.680. The average Bonchev–Trinajstić information content (AvgIpc) is 2.64. The van der Waals surface area contributed by atoms with Crippen molar-refractivity contribution in [1.82, 2.24) is 10.2 Å². The summed E-state index contributed by atoms with van der Waals surface area (Å²) in [6.07, 6.45) is 0.398. The van der Waals surface area contributed by atoms with Gasteiger partial charge in [0.15, 0.2) is 0 Å². The summed E-state index contributed by atoms with van der Waals surface area (Å²) < 4.78 is 5.69. The molecule has 2 rings (SSSR count). The van der Waals surface area contributed by atoms with Gasteiger partial charge in [0.05, 0.1) is 23.5 Å². The van der Waals surface area contributed by atoms with E-state index in [0.29, 0.717) is 30.8 Å². The van der Waals surface area contributed by atoms with E-state index >= 15 is 0 Å². The lowest BCUT2D eigenvalue weighted by molar-refractivity contribution is -0.145. The molecule has 7 heteroatoms. The highest BCUT2D eigenvalue weighted by atomic mass is 16.5. The van der Waals surface area contributed by atoms with E-state index in [-0.39, 0.29) is 29.9 Å². The molecule has 1 aliphatic heterocycles. The monoisotopic (exact) mass is 403 g/mol. The summed E-state index contributed by atoms with van der Waals surface area (Å²) in [6, 6.07) is 6.19. The summed E-state index contributed by atoms with van der Waals surface area (Å²) in [6.45, 7) is 12.2. The van der Waals surface area contributed by atoms with Crippen molar-refractivity contribution in [2.75, 3.05) is 18.4 Å². The number of hydrogen-bond acceptors (Lipinski definition) is 4. The van der Waals surface area contributed by atoms with Crippen molar-refractivity contribution in [3.63, 3.8) is 0 Å². The Hall–Kier alpha value is -2.41. The molecule has 1 aromatic carbocycles. The van der Waals surface area contributed by atoms with Crippen molar-refractivity contribution in [3.05, 3.63) is 29.8 Å². The highest BCUT2D eigenvalue weighted by molar-refractivity contribution is 6.05. The van der Waals surface area contributed by atoms with Crippen LogP contribution in [0.25, 0.3) is 0 Å². The maximum absolute atomic E-state index is 13.0. The molecule has 1 heterocycles. The molecule has 2 N–H and O–H groups in total. The second-order valence-corrected chi connectivity index (χ2v) is 8.68. The highest BCUT2D eigenvalue weighted by Crippen LogP contribution is 2.21. The van der Waals surface area contributed by atoms with E-state index in [4.69, 9.17) is 4.74 Å². The van der Waals surface area contributed by atoms with Gasteiger partial charge in [-0.05, 0) is 32.4 Å². The van der Waals surface area contributed by atoms with Crippen LogP contribution in [0.15, 0.2) is 24.3 Å². The Morgan fingerprint density at radius 2 is 1.72 bits per heavy atom. The molecule has 1 fully saturated rings. The van der Waals surface area contributed by atoms with Crippen LogP contribution in [0.2, 0.25) is 0 Å². The van der Waals surface area contributed by atoms with Crippen LogP contribution in [0.3, 0.4) is 0 Å². The molecule has 0 aromatic heterocycles. The lowest BCUT2D eigenvalue weighted by Crippen LogP contribution is -2.55. The van der Waals surface area contributed by atoms with Gasteiger partial charge in [0.25, 0.3) is 5.91 Å². The summed E-state index contributed by atoms with van der Waals surface area (Å²) in [5, 5.41) is 5.66. The van der Waals surface area contributed by atoms with Gasteiger partial charge in [-0.1, -0.05) is 39.8 Å². The van der Waals surface area contributed by atoms with Gasteiger partial charge in [0.1, 0.15) is 6.04 Å². The molecule has 0 bridgehead atoms. The van der Waals surface area contributed by atoms with Crippen molar-refractivity contribution >= 4 is 23.4 Å². The zero-order valence-electron chi connectivity index (χ0n) is 18.2. The van der Waals surface area contributed by atoms with Crippen LogP contribution in [0.1, 0.15) is 58.3 Å². The molecule has 160 valence electrons. The number of carbonyl (C=O) groups excluding carboxylic acids is 3. The lowest BCUT2D eigenvalue weighted by Gasteiger charge is -2.37. The third-order valence-corrected chi connectivity index (χ3v) is 4.84. The zero-order valence-corrected chi connectivity index (χ0v) is 18.2. The molecular formula is C22H33N3O4. The first-order valence-corrected chi connectivity index (χ1v) is 10.2. The number of rotatable bonds is 5. The van der Waals surface area contributed by atoms with Gasteiger partial charge in [-0.15, -0.1) is 0 Å². The molecule has 3 atom stereocenters. The summed E-state index contributed by atoms with van der Waals surface area (Å²) in [4.78, 5) is 40.0. The minimum atomic E-state index is -0.633. The van der Waals surface area contributed by atoms with E-state index in [9.17, 15) is 14.4 Å². The summed E-state index contributed by atoms with van der Waals surface area (Å²) in [5.41, 5.74) is 0.177. The van der Waals surface area contributed by atoms with Gasteiger partial charge in [-0.25, -0.2) is 0 Å². The first-order valence-electron chi connectivity index (χ1n) is 10.2. The third-order valence-electron chi connectivity index (χ3n) is 4.84. The van der Waals surface area contributed by atoms with E-state index < -0.39 is 11.5 Å². The molecule has 0 saturated carbocycles. The van der Waals surface area contributed by atoms with Crippen LogP contribution in [-0.4, -0.2) is 54.0 Å². The molecule has 0 radical (unpaired) electrons. The minimum absolute atomic E-state index is 0.0377. The van der Waals surface area contributed by atoms with Crippen molar-refractivity contribution in [1.29, 1.82) is 0 Å². The van der Waals surface area contributed by atoms with Crippen molar-refractivity contribution in [2.24, 2.45) is 5.41 Å². The number of carbonyl (C=O) groups is 3. The Morgan fingerprint density at radius 1 is 1.14 bits per heavy atom. The van der Waals surface area contributed by atoms with Crippen LogP contribution in [-0.2, 0) is 14.3 Å². The predicted molar refractivity (Wildman–Crippen MR) is 113 cm³/mol. The van der Waals surface area contributed by atoms with Gasteiger partial charge < -0.3 is 20.3 Å². The fraction of sp³-hybridized carbons (Fsp3) is 0.591. The zero-order chi connectivity index (χ0) is 21.8. The largest absolute Gasteiger partial charge is 0.372 e.